The number of carbonyl (C=O) groups is 2. The van der Waals surface area contributed by atoms with Crippen molar-refractivity contribution in [3.63, 3.8) is 0 Å². The van der Waals surface area contributed by atoms with E-state index in [0.717, 1.165) is 5.56 Å². The number of rotatable bonds is 10. The molecule has 0 aliphatic carbocycles. The van der Waals surface area contributed by atoms with Crippen molar-refractivity contribution in [3.8, 4) is 0 Å². The number of thioether (sulfide) groups is 1. The van der Waals surface area contributed by atoms with E-state index in [-0.39, 0.29) is 39.0 Å². The molecule has 3 nitrogen and oxygen atoms in total. The zero-order valence-corrected chi connectivity index (χ0v) is 21.1. The van der Waals surface area contributed by atoms with Gasteiger partial charge in [0.15, 0.2) is 0 Å². The molecule has 0 heterocycles. The predicted octanol–water partition coefficient (Wildman–Crippen LogP) is 5.46. The molecule has 3 atom stereocenters. The predicted molar refractivity (Wildman–Crippen MR) is 134 cm³/mol. The fraction of sp³-hybridized carbons (Fsp3) is 0.259. The first-order valence-corrected chi connectivity index (χ1v) is 13.7. The molecule has 0 aromatic heterocycles. The van der Waals surface area contributed by atoms with Gasteiger partial charge in [0.25, 0.3) is 0 Å². The molecule has 3 rings (SSSR count). The summed E-state index contributed by atoms with van der Waals surface area (Å²) in [6, 6.07) is 27.5. The molecule has 166 valence electrons. The van der Waals surface area contributed by atoms with Gasteiger partial charge in [-0.3, -0.25) is 0 Å². The fourth-order valence-corrected chi connectivity index (χ4v) is 7.25. The summed E-state index contributed by atoms with van der Waals surface area (Å²) in [4.78, 5) is 25.8. The van der Waals surface area contributed by atoms with Gasteiger partial charge in [0, 0.05) is 0 Å². The molecule has 0 amide bonds. The number of esters is 1. The summed E-state index contributed by atoms with van der Waals surface area (Å²) < 4.78 is 6.45. The van der Waals surface area contributed by atoms with Crippen LogP contribution in [-0.2, 0) is 9.53 Å². The first-order valence-electron chi connectivity index (χ1n) is 10.5. The molecule has 3 aromatic rings. The SMILES string of the molecule is COC(=O)[C@@H]([Se]c1ccccc1[C@H](C)SC)[C@@H](CC(=O)c1ccccc1)c1ccccc1. The van der Waals surface area contributed by atoms with Crippen LogP contribution in [0, 0.1) is 0 Å². The molecule has 0 spiro atoms. The van der Waals surface area contributed by atoms with Crippen molar-refractivity contribution in [1.82, 2.24) is 0 Å². The van der Waals surface area contributed by atoms with E-state index in [2.05, 4.69) is 25.3 Å². The zero-order chi connectivity index (χ0) is 22.9. The summed E-state index contributed by atoms with van der Waals surface area (Å²) in [5.41, 5.74) is 2.90. The summed E-state index contributed by atoms with van der Waals surface area (Å²) in [6.07, 6.45) is 2.35. The number of carbonyl (C=O) groups excluding carboxylic acids is 2. The molecule has 0 saturated heterocycles. The topological polar surface area (TPSA) is 43.4 Å². The normalized spacial score (nSPS) is 13.7. The number of Topliss-reactive ketones (excluding diaryl/α,β-unsaturated/α-hetero) is 1. The molecule has 0 bridgehead atoms. The first-order chi connectivity index (χ1) is 15.5. The van der Waals surface area contributed by atoms with Crippen molar-refractivity contribution in [2.75, 3.05) is 13.4 Å². The molecule has 0 N–H and O–H groups in total. The zero-order valence-electron chi connectivity index (χ0n) is 18.6. The number of hydrogen-bond donors (Lipinski definition) is 0. The molecule has 0 aliphatic rings. The van der Waals surface area contributed by atoms with E-state index in [1.807, 2.05) is 72.8 Å². The second-order valence-electron chi connectivity index (χ2n) is 7.49. The average Bonchev–Trinajstić information content (AvgIpc) is 2.86. The van der Waals surface area contributed by atoms with Gasteiger partial charge in [-0.1, -0.05) is 0 Å². The Morgan fingerprint density at radius 1 is 0.906 bits per heavy atom. The van der Waals surface area contributed by atoms with Gasteiger partial charge in [0.2, 0.25) is 0 Å². The van der Waals surface area contributed by atoms with E-state index in [0.29, 0.717) is 10.8 Å². The van der Waals surface area contributed by atoms with Crippen LogP contribution in [0.2, 0.25) is 4.82 Å². The maximum atomic E-state index is 13.2. The quantitative estimate of drug-likeness (QED) is 0.206. The van der Waals surface area contributed by atoms with Gasteiger partial charge >= 0.3 is 202 Å². The van der Waals surface area contributed by atoms with Gasteiger partial charge in [0.05, 0.1) is 0 Å². The van der Waals surface area contributed by atoms with E-state index in [9.17, 15) is 9.59 Å². The van der Waals surface area contributed by atoms with Crippen LogP contribution in [0.1, 0.15) is 46.0 Å². The van der Waals surface area contributed by atoms with Crippen LogP contribution in [0.15, 0.2) is 84.9 Å². The van der Waals surface area contributed by atoms with Crippen molar-refractivity contribution in [3.05, 3.63) is 102 Å². The number of ketones is 1. The Hall–Kier alpha value is -2.33. The van der Waals surface area contributed by atoms with E-state index in [1.165, 1.54) is 17.1 Å². The van der Waals surface area contributed by atoms with Crippen LogP contribution in [-0.4, -0.2) is 40.1 Å². The summed E-state index contributed by atoms with van der Waals surface area (Å²) in [5, 5.41) is 0.326. The number of benzene rings is 3. The third-order valence-electron chi connectivity index (χ3n) is 5.49. The summed E-state index contributed by atoms with van der Waals surface area (Å²) in [7, 11) is 1.43. The molecular weight excluding hydrogens is 483 g/mol. The average molecular weight is 512 g/mol. The Morgan fingerprint density at radius 2 is 1.50 bits per heavy atom. The number of methoxy groups -OCH3 is 1. The van der Waals surface area contributed by atoms with Crippen LogP contribution >= 0.6 is 11.8 Å². The standard InChI is InChI=1S/C27H28O3SSe/c1-19(31-3)22-16-10-11-17-25(22)32-26(27(29)30-2)23(20-12-6-4-7-13-20)18-24(28)21-14-8-5-9-15-21/h4-17,19,23,26H,18H2,1-3H3/t19-,23-,26-/m0/s1. The molecule has 3 aromatic carbocycles. The molecule has 0 fully saturated rings. The molecule has 0 saturated carbocycles. The van der Waals surface area contributed by atoms with E-state index in [1.54, 1.807) is 11.8 Å². The number of ether oxygens (including phenoxy) is 1. The van der Waals surface area contributed by atoms with Crippen LogP contribution < -0.4 is 4.46 Å². The summed E-state index contributed by atoms with van der Waals surface area (Å²) in [6.45, 7) is 2.18. The third kappa shape index (κ3) is 6.13. The second kappa shape index (κ2) is 12.1. The Kier molecular flexibility index (Phi) is 9.16. The monoisotopic (exact) mass is 512 g/mol. The van der Waals surface area contributed by atoms with Gasteiger partial charge in [-0.15, -0.1) is 0 Å². The van der Waals surface area contributed by atoms with Crippen molar-refractivity contribution >= 4 is 42.9 Å². The molecule has 0 aliphatic heterocycles. The van der Waals surface area contributed by atoms with Crippen molar-refractivity contribution in [2.24, 2.45) is 0 Å². The van der Waals surface area contributed by atoms with E-state index in [4.69, 9.17) is 4.74 Å². The van der Waals surface area contributed by atoms with Crippen LogP contribution in [0.25, 0.3) is 0 Å². The Bertz CT molecular complexity index is 1020. The Labute approximate surface area is 201 Å². The molecule has 5 heteroatoms. The Morgan fingerprint density at radius 3 is 2.12 bits per heavy atom. The van der Waals surface area contributed by atoms with Gasteiger partial charge in [-0.25, -0.2) is 0 Å². The van der Waals surface area contributed by atoms with E-state index >= 15 is 0 Å². The van der Waals surface area contributed by atoms with Crippen LogP contribution in [0.5, 0.6) is 0 Å². The summed E-state index contributed by atoms with van der Waals surface area (Å²) >= 11 is 1.58. The number of hydrogen-bond acceptors (Lipinski definition) is 4. The van der Waals surface area contributed by atoms with Gasteiger partial charge < -0.3 is 0 Å². The molecule has 0 radical (unpaired) electrons. The van der Waals surface area contributed by atoms with Gasteiger partial charge in [-0.05, 0) is 0 Å². The molecule has 32 heavy (non-hydrogen) atoms. The van der Waals surface area contributed by atoms with E-state index < -0.39 is 4.82 Å². The van der Waals surface area contributed by atoms with Crippen molar-refractivity contribution < 1.29 is 14.3 Å². The second-order valence-corrected chi connectivity index (χ2v) is 11.1. The third-order valence-corrected chi connectivity index (χ3v) is 9.39. The maximum absolute atomic E-state index is 13.2. The minimum atomic E-state index is -0.405. The van der Waals surface area contributed by atoms with Crippen LogP contribution in [0.4, 0.5) is 0 Å². The van der Waals surface area contributed by atoms with Gasteiger partial charge in [0.1, 0.15) is 0 Å². The molecule has 0 unspecified atom stereocenters. The fourth-order valence-electron chi connectivity index (χ4n) is 3.64. The van der Waals surface area contributed by atoms with Crippen molar-refractivity contribution in [1.29, 1.82) is 0 Å². The Balaban J connectivity index is 2.00. The van der Waals surface area contributed by atoms with Gasteiger partial charge in [-0.2, -0.15) is 0 Å². The summed E-state index contributed by atoms with van der Waals surface area (Å²) in [5.74, 6) is -0.477. The van der Waals surface area contributed by atoms with Crippen molar-refractivity contribution in [2.45, 2.75) is 29.3 Å². The first kappa shape index (κ1) is 24.3. The minimum absolute atomic E-state index is 0.0370. The van der Waals surface area contributed by atoms with Crippen LogP contribution in [0.3, 0.4) is 0 Å². The molecular formula is C27H28O3SSe.